The van der Waals surface area contributed by atoms with E-state index in [0.29, 0.717) is 31.6 Å². The van der Waals surface area contributed by atoms with Gasteiger partial charge in [0.2, 0.25) is 0 Å². The topological polar surface area (TPSA) is 47.1 Å². The van der Waals surface area contributed by atoms with Crippen LogP contribution < -0.4 is 5.73 Å². The molecule has 3 heterocycles. The van der Waals surface area contributed by atoms with Crippen molar-refractivity contribution in [3.05, 3.63) is 73.1 Å². The Bertz CT molecular complexity index is 1040. The second kappa shape index (κ2) is 6.82. The molecule has 1 aliphatic rings. The lowest BCUT2D eigenvalue weighted by molar-refractivity contribution is 0.100. The first kappa shape index (κ1) is 18.3. The summed E-state index contributed by atoms with van der Waals surface area (Å²) in [4.78, 5) is 6.83. The number of pyridine rings is 1. The van der Waals surface area contributed by atoms with Gasteiger partial charge in [-0.1, -0.05) is 25.3 Å². The van der Waals surface area contributed by atoms with Crippen LogP contribution in [0.15, 0.2) is 61.9 Å². The molecule has 2 N–H and O–H groups in total. The lowest BCUT2D eigenvalue weighted by Gasteiger charge is -2.36. The summed E-state index contributed by atoms with van der Waals surface area (Å²) in [5.74, 6) is 0. The highest BCUT2D eigenvalue weighted by Crippen LogP contribution is 2.31. The van der Waals surface area contributed by atoms with Gasteiger partial charge in [0, 0.05) is 53.5 Å². The monoisotopic (exact) mass is 376 g/mol. The van der Waals surface area contributed by atoms with Crippen LogP contribution in [0.5, 0.6) is 0 Å². The molecule has 144 valence electrons. The Hall–Kier alpha value is -3.08. The van der Waals surface area contributed by atoms with Crippen LogP contribution in [0.25, 0.3) is 28.1 Å². The van der Waals surface area contributed by atoms with Gasteiger partial charge in [-0.15, -0.1) is 0 Å². The molecule has 1 fully saturated rings. The number of benzene rings is 1. The van der Waals surface area contributed by atoms with E-state index in [-0.39, 0.29) is 0 Å². The largest absolute Gasteiger partial charge is 0.399 e. The van der Waals surface area contributed by atoms with Gasteiger partial charge in [-0.2, -0.15) is 0 Å². The Morgan fingerprint density at radius 1 is 1.11 bits per heavy atom. The first-order valence-corrected chi connectivity index (χ1v) is 9.49. The van der Waals surface area contributed by atoms with Crippen molar-refractivity contribution in [1.82, 2.24) is 14.5 Å². The van der Waals surface area contributed by atoms with Gasteiger partial charge in [0.15, 0.2) is 0 Å². The van der Waals surface area contributed by atoms with Crippen molar-refractivity contribution >= 4 is 22.4 Å². The van der Waals surface area contributed by atoms with Crippen LogP contribution in [-0.4, -0.2) is 33.2 Å². The van der Waals surface area contributed by atoms with Gasteiger partial charge in [0.25, 0.3) is 0 Å². The molecule has 0 atom stereocenters. The maximum atomic E-state index is 14.1. The molecule has 1 aromatic carbocycles. The van der Waals surface area contributed by atoms with Gasteiger partial charge in [0.05, 0.1) is 0 Å². The average molecular weight is 376 g/mol. The zero-order valence-electron chi connectivity index (χ0n) is 16.2. The predicted octanol–water partition coefficient (Wildman–Crippen LogP) is 4.75. The average Bonchev–Trinajstić information content (AvgIpc) is 3.10. The third-order valence-corrected chi connectivity index (χ3v) is 5.56. The van der Waals surface area contributed by atoms with Crippen molar-refractivity contribution in [2.75, 3.05) is 13.1 Å². The third-order valence-electron chi connectivity index (χ3n) is 5.56. The maximum absolute atomic E-state index is 14.1. The molecule has 0 unspecified atom stereocenters. The Morgan fingerprint density at radius 2 is 1.79 bits per heavy atom. The molecule has 2 aromatic heterocycles. The Kier molecular flexibility index (Phi) is 4.46. The fourth-order valence-corrected chi connectivity index (χ4v) is 3.65. The number of hydrogen-bond donors (Lipinski definition) is 1. The number of alkyl halides is 1. The summed E-state index contributed by atoms with van der Waals surface area (Å²) in [7, 11) is 0. The van der Waals surface area contributed by atoms with Gasteiger partial charge >= 0.3 is 0 Å². The lowest BCUT2D eigenvalue weighted by atomic mass is 9.95. The standard InChI is InChI=1S/C23H25FN4/c1-16(25)18-4-6-21(7-5-18)28-11-8-19-14-20(15-26-22(19)28)17(2)27-12-9-23(3,24)10-13-27/h4-8,11,14-15H,1-2,9-10,12-13,25H2,3H3. The van der Waals surface area contributed by atoms with Gasteiger partial charge in [-0.3, -0.25) is 0 Å². The lowest BCUT2D eigenvalue weighted by Crippen LogP contribution is -2.38. The zero-order valence-corrected chi connectivity index (χ0v) is 16.2. The van der Waals surface area contributed by atoms with Crippen LogP contribution in [0.2, 0.25) is 0 Å². The van der Waals surface area contributed by atoms with E-state index < -0.39 is 5.67 Å². The minimum absolute atomic E-state index is 0.531. The van der Waals surface area contributed by atoms with Crippen molar-refractivity contribution in [3.8, 4) is 5.69 Å². The first-order chi connectivity index (χ1) is 13.3. The molecule has 0 bridgehead atoms. The summed E-state index contributed by atoms with van der Waals surface area (Å²) in [6.07, 6.45) is 4.92. The third kappa shape index (κ3) is 3.40. The molecular formula is C23H25FN4. The molecule has 0 radical (unpaired) electrons. The summed E-state index contributed by atoms with van der Waals surface area (Å²) in [5, 5.41) is 1.04. The number of nitrogens with two attached hydrogens (primary N) is 1. The molecule has 28 heavy (non-hydrogen) atoms. The van der Waals surface area contributed by atoms with E-state index >= 15 is 0 Å². The molecule has 3 aromatic rings. The number of likely N-dealkylation sites (tertiary alicyclic amines) is 1. The van der Waals surface area contributed by atoms with Crippen LogP contribution in [0.3, 0.4) is 0 Å². The summed E-state index contributed by atoms with van der Waals surface area (Å²) in [6.45, 7) is 11.0. The highest BCUT2D eigenvalue weighted by Gasteiger charge is 2.30. The van der Waals surface area contributed by atoms with E-state index in [2.05, 4.69) is 29.1 Å². The fourth-order valence-electron chi connectivity index (χ4n) is 3.65. The molecule has 0 aliphatic carbocycles. The molecule has 4 nitrogen and oxygen atoms in total. The summed E-state index contributed by atoms with van der Waals surface area (Å²) in [5.41, 5.74) is 9.92. The van der Waals surface area contributed by atoms with Crippen LogP contribution in [0.4, 0.5) is 4.39 Å². The van der Waals surface area contributed by atoms with Crippen LogP contribution >= 0.6 is 0 Å². The summed E-state index contributed by atoms with van der Waals surface area (Å²) < 4.78 is 16.1. The number of fused-ring (bicyclic) bond motifs is 1. The quantitative estimate of drug-likeness (QED) is 0.715. The molecule has 1 aliphatic heterocycles. The summed E-state index contributed by atoms with van der Waals surface area (Å²) in [6, 6.07) is 12.1. The van der Waals surface area contributed by atoms with Crippen molar-refractivity contribution < 1.29 is 4.39 Å². The highest BCUT2D eigenvalue weighted by atomic mass is 19.1. The number of aromatic nitrogens is 2. The van der Waals surface area contributed by atoms with Crippen LogP contribution in [0.1, 0.15) is 30.9 Å². The van der Waals surface area contributed by atoms with E-state index in [9.17, 15) is 4.39 Å². The number of halogens is 1. The molecule has 1 saturated heterocycles. The van der Waals surface area contributed by atoms with Crippen molar-refractivity contribution in [1.29, 1.82) is 0 Å². The van der Waals surface area contributed by atoms with Crippen molar-refractivity contribution in [2.24, 2.45) is 5.73 Å². The smallest absolute Gasteiger partial charge is 0.144 e. The van der Waals surface area contributed by atoms with E-state index in [1.165, 1.54) is 0 Å². The molecular weight excluding hydrogens is 351 g/mol. The predicted molar refractivity (Wildman–Crippen MR) is 114 cm³/mol. The Morgan fingerprint density at radius 3 is 2.43 bits per heavy atom. The zero-order chi connectivity index (χ0) is 19.9. The molecule has 5 heteroatoms. The number of hydrogen-bond acceptors (Lipinski definition) is 3. The number of nitrogens with zero attached hydrogens (tertiary/aromatic N) is 3. The van der Waals surface area contributed by atoms with Gasteiger partial charge in [-0.25, -0.2) is 9.37 Å². The normalized spacial score (nSPS) is 16.3. The minimum Gasteiger partial charge on any atom is -0.399 e. The van der Waals surface area contributed by atoms with Gasteiger partial charge in [0.1, 0.15) is 11.3 Å². The maximum Gasteiger partial charge on any atom is 0.144 e. The van der Waals surface area contributed by atoms with Crippen LogP contribution in [0, 0.1) is 0 Å². The molecule has 0 spiro atoms. The molecule has 0 saturated carbocycles. The Balaban J connectivity index is 1.59. The van der Waals surface area contributed by atoms with Crippen molar-refractivity contribution in [3.63, 3.8) is 0 Å². The van der Waals surface area contributed by atoms with E-state index in [1.54, 1.807) is 6.92 Å². The van der Waals surface area contributed by atoms with E-state index in [4.69, 9.17) is 5.73 Å². The van der Waals surface area contributed by atoms with E-state index in [0.717, 1.165) is 33.5 Å². The summed E-state index contributed by atoms with van der Waals surface area (Å²) >= 11 is 0. The van der Waals surface area contributed by atoms with Gasteiger partial charge in [-0.05, 0) is 49.6 Å². The SMILES string of the molecule is C=C(N)c1ccc(-n2ccc3cc(C(=C)N4CCC(C)(F)CC4)cnc32)cc1. The van der Waals surface area contributed by atoms with Crippen LogP contribution in [-0.2, 0) is 0 Å². The second-order valence-corrected chi connectivity index (χ2v) is 7.74. The van der Waals surface area contributed by atoms with Gasteiger partial charge < -0.3 is 15.2 Å². The number of piperidine rings is 1. The second-order valence-electron chi connectivity index (χ2n) is 7.74. The van der Waals surface area contributed by atoms with E-state index in [1.807, 2.05) is 47.3 Å². The fraction of sp³-hybridized carbons (Fsp3) is 0.261. The molecule has 0 amide bonds. The van der Waals surface area contributed by atoms with Crippen molar-refractivity contribution in [2.45, 2.75) is 25.4 Å². The minimum atomic E-state index is -1.07. The Labute approximate surface area is 164 Å². The highest BCUT2D eigenvalue weighted by molar-refractivity contribution is 5.82. The first-order valence-electron chi connectivity index (χ1n) is 9.49. The molecule has 4 rings (SSSR count). The number of rotatable bonds is 4.